The molecule has 1 aliphatic carbocycles. The van der Waals surface area contributed by atoms with Crippen LogP contribution in [0.15, 0.2) is 22.7 Å². The average molecular weight is 359 g/mol. The molecule has 1 aromatic heterocycles. The maximum absolute atomic E-state index is 14.0. The van der Waals surface area contributed by atoms with Crippen molar-refractivity contribution in [2.45, 2.75) is 51.4 Å². The van der Waals surface area contributed by atoms with E-state index in [1.54, 1.807) is 0 Å². The van der Waals surface area contributed by atoms with Crippen molar-refractivity contribution in [1.29, 1.82) is 0 Å². The van der Waals surface area contributed by atoms with Gasteiger partial charge in [0.2, 0.25) is 5.89 Å². The van der Waals surface area contributed by atoms with Gasteiger partial charge in [-0.3, -0.25) is 4.90 Å². The fourth-order valence-corrected chi connectivity index (χ4v) is 3.09. The molecule has 132 valence electrons. The molecule has 3 rings (SSSR count). The van der Waals surface area contributed by atoms with Gasteiger partial charge in [-0.05, 0) is 25.0 Å². The summed E-state index contributed by atoms with van der Waals surface area (Å²) in [5.41, 5.74) is 5.56. The van der Waals surface area contributed by atoms with E-state index >= 15 is 0 Å². The first-order chi connectivity index (χ1) is 11.2. The SMILES string of the molecule is Cl.NCc1nc(CN(Cc2c(F)cccc2F)C2CCCC2)no1. The van der Waals surface area contributed by atoms with E-state index in [0.29, 0.717) is 18.3 Å². The first kappa shape index (κ1) is 18.8. The molecule has 1 heterocycles. The number of nitrogens with zero attached hydrogens (tertiary/aromatic N) is 3. The third kappa shape index (κ3) is 4.28. The highest BCUT2D eigenvalue weighted by Crippen LogP contribution is 2.27. The standard InChI is InChI=1S/C16H20F2N4O.ClH/c17-13-6-3-7-14(18)12(13)9-22(11-4-1-2-5-11)10-15-20-16(8-19)23-21-15;/h3,6-7,11H,1-2,4-5,8-10,19H2;1H. The van der Waals surface area contributed by atoms with Gasteiger partial charge in [0, 0.05) is 18.2 Å². The smallest absolute Gasteiger partial charge is 0.240 e. The summed E-state index contributed by atoms with van der Waals surface area (Å²) in [5, 5.41) is 3.89. The van der Waals surface area contributed by atoms with Crippen LogP contribution in [0, 0.1) is 11.6 Å². The lowest BCUT2D eigenvalue weighted by Gasteiger charge is -2.27. The molecule has 0 saturated heterocycles. The molecule has 0 atom stereocenters. The number of benzene rings is 1. The zero-order valence-corrected chi connectivity index (χ0v) is 14.1. The Bertz CT molecular complexity index is 641. The maximum Gasteiger partial charge on any atom is 0.240 e. The van der Waals surface area contributed by atoms with Gasteiger partial charge in [-0.2, -0.15) is 4.98 Å². The van der Waals surface area contributed by atoms with Crippen LogP contribution in [0.1, 0.15) is 43.0 Å². The van der Waals surface area contributed by atoms with Crippen molar-refractivity contribution in [1.82, 2.24) is 15.0 Å². The topological polar surface area (TPSA) is 68.2 Å². The average Bonchev–Trinajstić information content (AvgIpc) is 3.21. The maximum atomic E-state index is 14.0. The predicted molar refractivity (Wildman–Crippen MR) is 87.3 cm³/mol. The molecule has 1 aliphatic rings. The fourth-order valence-electron chi connectivity index (χ4n) is 3.09. The van der Waals surface area contributed by atoms with Crippen LogP contribution in [0.25, 0.3) is 0 Å². The van der Waals surface area contributed by atoms with Gasteiger partial charge in [0.25, 0.3) is 0 Å². The Morgan fingerprint density at radius 3 is 2.42 bits per heavy atom. The summed E-state index contributed by atoms with van der Waals surface area (Å²) >= 11 is 0. The molecular weight excluding hydrogens is 338 g/mol. The molecule has 0 spiro atoms. The largest absolute Gasteiger partial charge is 0.338 e. The van der Waals surface area contributed by atoms with Crippen LogP contribution in [0.3, 0.4) is 0 Å². The lowest BCUT2D eigenvalue weighted by atomic mass is 10.1. The predicted octanol–water partition coefficient (Wildman–Crippen LogP) is 3.17. The van der Waals surface area contributed by atoms with Gasteiger partial charge in [-0.15, -0.1) is 12.4 Å². The molecule has 0 radical (unpaired) electrons. The summed E-state index contributed by atoms with van der Waals surface area (Å²) in [4.78, 5) is 6.22. The fraction of sp³-hybridized carbons (Fsp3) is 0.500. The molecule has 0 bridgehead atoms. The lowest BCUT2D eigenvalue weighted by molar-refractivity contribution is 0.169. The van der Waals surface area contributed by atoms with E-state index in [1.165, 1.54) is 18.2 Å². The Hall–Kier alpha value is -1.57. The van der Waals surface area contributed by atoms with Gasteiger partial charge >= 0.3 is 0 Å². The summed E-state index contributed by atoms with van der Waals surface area (Å²) in [6.45, 7) is 0.760. The van der Waals surface area contributed by atoms with Crippen LogP contribution in [0.5, 0.6) is 0 Å². The number of halogens is 3. The third-order valence-corrected chi connectivity index (χ3v) is 4.29. The highest BCUT2D eigenvalue weighted by atomic mass is 35.5. The molecule has 1 fully saturated rings. The number of rotatable bonds is 6. The summed E-state index contributed by atoms with van der Waals surface area (Å²) in [7, 11) is 0. The molecule has 0 unspecified atom stereocenters. The second-order valence-electron chi connectivity index (χ2n) is 5.85. The molecule has 2 aromatic rings. The number of hydrogen-bond acceptors (Lipinski definition) is 5. The number of aromatic nitrogens is 2. The second kappa shape index (κ2) is 8.50. The van der Waals surface area contributed by atoms with Crippen LogP contribution < -0.4 is 5.73 Å². The highest BCUT2D eigenvalue weighted by Gasteiger charge is 2.26. The van der Waals surface area contributed by atoms with Crippen molar-refractivity contribution in [3.05, 3.63) is 47.1 Å². The summed E-state index contributed by atoms with van der Waals surface area (Å²) in [5.74, 6) is -0.190. The zero-order valence-electron chi connectivity index (χ0n) is 13.3. The molecule has 0 amide bonds. The molecule has 1 aromatic carbocycles. The zero-order chi connectivity index (χ0) is 16.2. The third-order valence-electron chi connectivity index (χ3n) is 4.29. The number of nitrogens with two attached hydrogens (primary N) is 1. The van der Waals surface area contributed by atoms with Crippen LogP contribution in [-0.2, 0) is 19.6 Å². The van der Waals surface area contributed by atoms with Gasteiger partial charge in [0.15, 0.2) is 5.82 Å². The van der Waals surface area contributed by atoms with E-state index < -0.39 is 11.6 Å². The Balaban J connectivity index is 0.00000208. The van der Waals surface area contributed by atoms with E-state index in [9.17, 15) is 8.78 Å². The monoisotopic (exact) mass is 358 g/mol. The van der Waals surface area contributed by atoms with Crippen molar-refractivity contribution in [3.63, 3.8) is 0 Å². The van der Waals surface area contributed by atoms with Crippen LogP contribution >= 0.6 is 12.4 Å². The Morgan fingerprint density at radius 1 is 1.17 bits per heavy atom. The Morgan fingerprint density at radius 2 is 1.83 bits per heavy atom. The van der Waals surface area contributed by atoms with E-state index in [0.717, 1.165) is 25.7 Å². The first-order valence-corrected chi connectivity index (χ1v) is 7.86. The number of hydrogen-bond donors (Lipinski definition) is 1. The molecule has 8 heteroatoms. The minimum absolute atomic E-state index is 0. The molecular formula is C16H21ClF2N4O. The van der Waals surface area contributed by atoms with Crippen molar-refractivity contribution < 1.29 is 13.3 Å². The van der Waals surface area contributed by atoms with E-state index in [4.69, 9.17) is 10.3 Å². The highest BCUT2D eigenvalue weighted by molar-refractivity contribution is 5.85. The molecule has 5 nitrogen and oxygen atoms in total. The van der Waals surface area contributed by atoms with Crippen molar-refractivity contribution >= 4 is 12.4 Å². The van der Waals surface area contributed by atoms with Gasteiger partial charge in [0.1, 0.15) is 11.6 Å². The second-order valence-corrected chi connectivity index (χ2v) is 5.85. The van der Waals surface area contributed by atoms with Crippen molar-refractivity contribution in [2.24, 2.45) is 5.73 Å². The molecule has 2 N–H and O–H groups in total. The summed E-state index contributed by atoms with van der Waals surface area (Å²) in [6, 6.07) is 4.22. The quantitative estimate of drug-likeness (QED) is 0.859. The van der Waals surface area contributed by atoms with Gasteiger partial charge in [0.05, 0.1) is 13.1 Å². The van der Waals surface area contributed by atoms with Gasteiger partial charge in [-0.1, -0.05) is 24.1 Å². The molecule has 1 saturated carbocycles. The van der Waals surface area contributed by atoms with Gasteiger partial charge in [-0.25, -0.2) is 8.78 Å². The normalized spacial score (nSPS) is 15.0. The summed E-state index contributed by atoms with van der Waals surface area (Å²) in [6.07, 6.45) is 4.28. The van der Waals surface area contributed by atoms with Crippen molar-refractivity contribution in [3.8, 4) is 0 Å². The summed E-state index contributed by atoms with van der Waals surface area (Å²) < 4.78 is 32.9. The minimum atomic E-state index is -0.524. The Labute approximate surface area is 145 Å². The van der Waals surface area contributed by atoms with Crippen LogP contribution in [0.4, 0.5) is 8.78 Å². The first-order valence-electron chi connectivity index (χ1n) is 7.86. The van der Waals surface area contributed by atoms with E-state index in [-0.39, 0.29) is 37.1 Å². The molecule has 0 aliphatic heterocycles. The lowest BCUT2D eigenvalue weighted by Crippen LogP contribution is -2.33. The van der Waals surface area contributed by atoms with Gasteiger partial charge < -0.3 is 10.3 Å². The molecule has 24 heavy (non-hydrogen) atoms. The Kier molecular flexibility index (Phi) is 6.65. The van der Waals surface area contributed by atoms with E-state index in [2.05, 4.69) is 10.1 Å². The van der Waals surface area contributed by atoms with Crippen molar-refractivity contribution in [2.75, 3.05) is 0 Å². The van der Waals surface area contributed by atoms with Crippen LogP contribution in [-0.4, -0.2) is 21.1 Å². The minimum Gasteiger partial charge on any atom is -0.338 e. The van der Waals surface area contributed by atoms with Crippen LogP contribution in [0.2, 0.25) is 0 Å². The van der Waals surface area contributed by atoms with E-state index in [1.807, 2.05) is 4.90 Å².